The van der Waals surface area contributed by atoms with E-state index in [1.54, 1.807) is 63.4 Å². The van der Waals surface area contributed by atoms with Gasteiger partial charge in [0.05, 0.1) is 33.3 Å². The third-order valence-electron chi connectivity index (χ3n) is 5.36. The molecule has 176 valence electrons. The van der Waals surface area contributed by atoms with Gasteiger partial charge in [-0.3, -0.25) is 4.98 Å². The zero-order valence-electron chi connectivity index (χ0n) is 19.3. The molecule has 0 aliphatic heterocycles. The van der Waals surface area contributed by atoms with Gasteiger partial charge < -0.3 is 14.8 Å². The Balaban J connectivity index is 1.66. The third kappa shape index (κ3) is 4.55. The van der Waals surface area contributed by atoms with Gasteiger partial charge in [0.1, 0.15) is 11.4 Å². The van der Waals surface area contributed by atoms with Crippen LogP contribution in [0.4, 0.5) is 0 Å². The van der Waals surface area contributed by atoms with Crippen molar-refractivity contribution in [3.63, 3.8) is 0 Å². The van der Waals surface area contributed by atoms with Crippen LogP contribution in [0.2, 0.25) is 0 Å². The SMILES string of the molecule is CNCc1ccc(-c2nnc(-c3nc(-c4ccc(S(=O)(=O)C(C)C)cc4)cnc3C)o2)c(O)c1. The van der Waals surface area contributed by atoms with Gasteiger partial charge in [0.15, 0.2) is 9.84 Å². The highest BCUT2D eigenvalue weighted by atomic mass is 32.2. The molecule has 9 nitrogen and oxygen atoms in total. The van der Waals surface area contributed by atoms with E-state index in [1.165, 1.54) is 0 Å². The van der Waals surface area contributed by atoms with Gasteiger partial charge in [0, 0.05) is 12.1 Å². The van der Waals surface area contributed by atoms with Crippen LogP contribution in [0, 0.1) is 6.92 Å². The first-order valence-electron chi connectivity index (χ1n) is 10.7. The Morgan fingerprint density at radius 2 is 1.76 bits per heavy atom. The second kappa shape index (κ2) is 9.32. The maximum Gasteiger partial charge on any atom is 0.268 e. The van der Waals surface area contributed by atoms with E-state index in [0.717, 1.165) is 5.56 Å². The maximum absolute atomic E-state index is 12.4. The minimum Gasteiger partial charge on any atom is -0.507 e. The quantitative estimate of drug-likeness (QED) is 0.406. The van der Waals surface area contributed by atoms with E-state index in [-0.39, 0.29) is 22.4 Å². The van der Waals surface area contributed by atoms with E-state index in [2.05, 4.69) is 25.5 Å². The summed E-state index contributed by atoms with van der Waals surface area (Å²) in [5, 5.41) is 21.1. The fourth-order valence-corrected chi connectivity index (χ4v) is 4.44. The smallest absolute Gasteiger partial charge is 0.268 e. The zero-order valence-corrected chi connectivity index (χ0v) is 20.1. The first-order chi connectivity index (χ1) is 16.2. The number of benzene rings is 2. The van der Waals surface area contributed by atoms with Crippen LogP contribution in [0.5, 0.6) is 5.75 Å². The zero-order chi connectivity index (χ0) is 24.5. The van der Waals surface area contributed by atoms with Crippen molar-refractivity contribution in [1.29, 1.82) is 0 Å². The summed E-state index contributed by atoms with van der Waals surface area (Å²) in [5.74, 6) is 0.369. The van der Waals surface area contributed by atoms with Gasteiger partial charge in [-0.15, -0.1) is 10.2 Å². The minimum atomic E-state index is -3.36. The molecule has 2 N–H and O–H groups in total. The highest BCUT2D eigenvalue weighted by Crippen LogP contribution is 2.32. The molecule has 2 heterocycles. The first kappa shape index (κ1) is 23.5. The molecule has 0 aliphatic rings. The van der Waals surface area contributed by atoms with Gasteiger partial charge in [-0.1, -0.05) is 18.2 Å². The molecule has 34 heavy (non-hydrogen) atoms. The molecule has 0 saturated carbocycles. The number of sulfone groups is 1. The van der Waals surface area contributed by atoms with E-state index in [9.17, 15) is 13.5 Å². The Labute approximate surface area is 197 Å². The van der Waals surface area contributed by atoms with E-state index in [0.29, 0.717) is 34.8 Å². The van der Waals surface area contributed by atoms with Crippen LogP contribution in [0.1, 0.15) is 25.1 Å². The number of hydrogen-bond donors (Lipinski definition) is 2. The van der Waals surface area contributed by atoms with Gasteiger partial charge >= 0.3 is 0 Å². The topological polar surface area (TPSA) is 131 Å². The lowest BCUT2D eigenvalue weighted by Gasteiger charge is -2.09. The van der Waals surface area contributed by atoms with Crippen LogP contribution in [-0.2, 0) is 16.4 Å². The van der Waals surface area contributed by atoms with E-state index in [1.807, 2.05) is 13.1 Å². The van der Waals surface area contributed by atoms with Crippen LogP contribution in [-0.4, -0.2) is 46.0 Å². The molecular weight excluding hydrogens is 454 g/mol. The molecule has 4 aromatic rings. The molecule has 0 aliphatic carbocycles. The van der Waals surface area contributed by atoms with Crippen molar-refractivity contribution in [3.05, 3.63) is 59.9 Å². The van der Waals surface area contributed by atoms with E-state index in [4.69, 9.17) is 4.42 Å². The van der Waals surface area contributed by atoms with Gasteiger partial charge in [0.25, 0.3) is 11.8 Å². The largest absolute Gasteiger partial charge is 0.507 e. The number of aromatic nitrogens is 4. The van der Waals surface area contributed by atoms with Crippen molar-refractivity contribution in [1.82, 2.24) is 25.5 Å². The predicted molar refractivity (Wildman–Crippen MR) is 128 cm³/mol. The van der Waals surface area contributed by atoms with Crippen LogP contribution < -0.4 is 5.32 Å². The normalized spacial score (nSPS) is 11.8. The van der Waals surface area contributed by atoms with Gasteiger partial charge in [0.2, 0.25) is 0 Å². The Morgan fingerprint density at radius 1 is 1.06 bits per heavy atom. The molecule has 2 aromatic heterocycles. The second-order valence-electron chi connectivity index (χ2n) is 8.10. The van der Waals surface area contributed by atoms with Crippen LogP contribution >= 0.6 is 0 Å². The fraction of sp³-hybridized carbons (Fsp3) is 0.250. The van der Waals surface area contributed by atoms with Crippen LogP contribution in [0.25, 0.3) is 34.3 Å². The summed E-state index contributed by atoms with van der Waals surface area (Å²) in [5.41, 5.74) is 3.57. The number of rotatable bonds is 7. The summed E-state index contributed by atoms with van der Waals surface area (Å²) in [4.78, 5) is 9.28. The fourth-order valence-electron chi connectivity index (χ4n) is 3.38. The number of aromatic hydroxyl groups is 1. The first-order valence-corrected chi connectivity index (χ1v) is 12.2. The lowest BCUT2D eigenvalue weighted by molar-refractivity contribution is 0.472. The highest BCUT2D eigenvalue weighted by Gasteiger charge is 2.20. The number of nitrogens with one attached hydrogen (secondary N) is 1. The molecule has 0 fully saturated rings. The molecular formula is C24H25N5O4S. The van der Waals surface area contributed by atoms with Gasteiger partial charge in [-0.05, 0) is 57.6 Å². The lowest BCUT2D eigenvalue weighted by atomic mass is 10.1. The molecule has 10 heteroatoms. The second-order valence-corrected chi connectivity index (χ2v) is 10.6. The molecule has 4 rings (SSSR count). The Morgan fingerprint density at radius 3 is 2.41 bits per heavy atom. The van der Waals surface area contributed by atoms with Crippen molar-refractivity contribution in [2.24, 2.45) is 0 Å². The summed E-state index contributed by atoms with van der Waals surface area (Å²) in [7, 11) is -1.53. The number of hydrogen-bond acceptors (Lipinski definition) is 9. The number of nitrogens with zero attached hydrogens (tertiary/aromatic N) is 4. The van der Waals surface area contributed by atoms with Crippen molar-refractivity contribution < 1.29 is 17.9 Å². The summed E-state index contributed by atoms with van der Waals surface area (Å²) >= 11 is 0. The van der Waals surface area contributed by atoms with Crippen molar-refractivity contribution in [3.8, 4) is 40.0 Å². The van der Waals surface area contributed by atoms with Gasteiger partial charge in [-0.2, -0.15) is 0 Å². The summed E-state index contributed by atoms with van der Waals surface area (Å²) in [6.07, 6.45) is 1.61. The predicted octanol–water partition coefficient (Wildman–Crippen LogP) is 3.78. The monoisotopic (exact) mass is 479 g/mol. The molecule has 0 saturated heterocycles. The summed E-state index contributed by atoms with van der Waals surface area (Å²) in [6.45, 7) is 5.69. The van der Waals surface area contributed by atoms with Crippen molar-refractivity contribution >= 4 is 9.84 Å². The number of phenols is 1. The standard InChI is InChI=1S/C24H25N5O4S/c1-14(2)34(31,32)18-8-6-17(7-9-18)20-13-26-15(3)22(27-20)24-29-28-23(33-24)19-10-5-16(12-25-4)11-21(19)30/h5-11,13-14,25,30H,12H2,1-4H3. The van der Waals surface area contributed by atoms with Crippen LogP contribution in [0.3, 0.4) is 0 Å². The minimum absolute atomic E-state index is 0.0379. The molecule has 0 amide bonds. The van der Waals surface area contributed by atoms with E-state index >= 15 is 0 Å². The van der Waals surface area contributed by atoms with Crippen molar-refractivity contribution in [2.75, 3.05) is 7.05 Å². The third-order valence-corrected chi connectivity index (χ3v) is 7.53. The Hall–Kier alpha value is -3.63. The van der Waals surface area contributed by atoms with Crippen LogP contribution in [0.15, 0.2) is 58.0 Å². The molecule has 0 unspecified atom stereocenters. The molecule has 0 atom stereocenters. The van der Waals surface area contributed by atoms with Crippen molar-refractivity contribution in [2.45, 2.75) is 37.5 Å². The molecule has 0 spiro atoms. The van der Waals surface area contributed by atoms with E-state index < -0.39 is 15.1 Å². The maximum atomic E-state index is 12.4. The molecule has 2 aromatic carbocycles. The average molecular weight is 480 g/mol. The molecule has 0 radical (unpaired) electrons. The number of phenolic OH excluding ortho intramolecular Hbond substituents is 1. The average Bonchev–Trinajstić information content (AvgIpc) is 3.29. The number of aryl methyl sites for hydroxylation is 1. The molecule has 0 bridgehead atoms. The Kier molecular flexibility index (Phi) is 6.45. The lowest BCUT2D eigenvalue weighted by Crippen LogP contribution is -2.13. The highest BCUT2D eigenvalue weighted by molar-refractivity contribution is 7.92. The summed E-state index contributed by atoms with van der Waals surface area (Å²) in [6, 6.07) is 11.8. The van der Waals surface area contributed by atoms with Gasteiger partial charge in [-0.25, -0.2) is 13.4 Å². The summed E-state index contributed by atoms with van der Waals surface area (Å²) < 4.78 is 30.6. The Bertz CT molecular complexity index is 1430.